The fourth-order valence-corrected chi connectivity index (χ4v) is 7.06. The first-order valence-corrected chi connectivity index (χ1v) is 14.7. The van der Waals surface area contributed by atoms with Gasteiger partial charge >= 0.3 is 11.9 Å². The van der Waals surface area contributed by atoms with Crippen molar-refractivity contribution < 1.29 is 46.9 Å². The van der Waals surface area contributed by atoms with Gasteiger partial charge in [-0.2, -0.15) is 0 Å². The first-order chi connectivity index (χ1) is 18.7. The van der Waals surface area contributed by atoms with Gasteiger partial charge in [-0.3, -0.25) is 9.59 Å². The van der Waals surface area contributed by atoms with Crippen LogP contribution in [0.2, 0.25) is 0 Å². The molecule has 214 valence electrons. The van der Waals surface area contributed by atoms with Gasteiger partial charge in [0, 0.05) is 51.5 Å². The van der Waals surface area contributed by atoms with Crippen molar-refractivity contribution in [1.29, 1.82) is 0 Å². The van der Waals surface area contributed by atoms with Crippen LogP contribution in [0.15, 0.2) is 46.2 Å². The maximum atomic E-state index is 13.4. The first-order valence-electron chi connectivity index (χ1n) is 11.8. The van der Waals surface area contributed by atoms with Crippen LogP contribution in [0.3, 0.4) is 0 Å². The Labute approximate surface area is 227 Å². The van der Waals surface area contributed by atoms with Gasteiger partial charge in [0.15, 0.2) is 0 Å². The van der Waals surface area contributed by atoms with Crippen LogP contribution >= 0.6 is 0 Å². The minimum absolute atomic E-state index is 0.0694. The van der Waals surface area contributed by atoms with E-state index < -0.39 is 53.9 Å². The van der Waals surface area contributed by atoms with E-state index in [2.05, 4.69) is 9.44 Å². The zero-order valence-electron chi connectivity index (χ0n) is 20.7. The van der Waals surface area contributed by atoms with Gasteiger partial charge in [0.25, 0.3) is 0 Å². The number of sulfonamides is 2. The van der Waals surface area contributed by atoms with Gasteiger partial charge in [-0.15, -0.1) is 0 Å². The van der Waals surface area contributed by atoms with E-state index in [0.29, 0.717) is 0 Å². The molecule has 0 bridgehead atoms. The molecule has 0 aliphatic heterocycles. The third-order valence-electron chi connectivity index (χ3n) is 6.49. The number of hydrogen-bond acceptors (Lipinski definition) is 10. The van der Waals surface area contributed by atoms with Crippen LogP contribution in [0.25, 0.3) is 32.3 Å². The van der Waals surface area contributed by atoms with E-state index >= 15 is 0 Å². The molecule has 10 N–H and O–H groups in total. The van der Waals surface area contributed by atoms with Gasteiger partial charge in [-0.1, -0.05) is 12.1 Å². The summed E-state index contributed by atoms with van der Waals surface area (Å²) in [5.74, 6) is -3.30. The Balaban J connectivity index is 1.94. The van der Waals surface area contributed by atoms with E-state index in [1.165, 1.54) is 24.3 Å². The summed E-state index contributed by atoms with van der Waals surface area (Å²) in [5, 5.41) is 39.8. The molecule has 0 saturated heterocycles. The second-order valence-corrected chi connectivity index (χ2v) is 12.6. The number of aromatic hydroxyl groups is 2. The van der Waals surface area contributed by atoms with Crippen molar-refractivity contribution in [2.24, 2.45) is 11.5 Å². The van der Waals surface area contributed by atoms with E-state index in [1.807, 2.05) is 0 Å². The summed E-state index contributed by atoms with van der Waals surface area (Å²) in [6.45, 7) is -0.737. The predicted molar refractivity (Wildman–Crippen MR) is 144 cm³/mol. The summed E-state index contributed by atoms with van der Waals surface area (Å²) >= 11 is 0. The lowest BCUT2D eigenvalue weighted by molar-refractivity contribution is -0.139. The highest BCUT2D eigenvalue weighted by molar-refractivity contribution is 7.90. The summed E-state index contributed by atoms with van der Waals surface area (Å²) < 4.78 is 58.2. The number of phenolic OH excluding ortho intramolecular Hbond substituents is 2. The van der Waals surface area contributed by atoms with E-state index in [1.54, 1.807) is 0 Å². The predicted octanol–water partition coefficient (Wildman–Crippen LogP) is 0.156. The Bertz CT molecular complexity index is 1730. The van der Waals surface area contributed by atoms with Crippen molar-refractivity contribution in [3.05, 3.63) is 36.4 Å². The van der Waals surface area contributed by atoms with Gasteiger partial charge in [0.1, 0.15) is 23.6 Å². The maximum absolute atomic E-state index is 13.4. The molecule has 16 heteroatoms. The average molecular weight is 595 g/mol. The second-order valence-electron chi connectivity index (χ2n) is 9.12. The number of carboxylic acids is 2. The van der Waals surface area contributed by atoms with Crippen LogP contribution in [0.1, 0.15) is 12.8 Å². The molecule has 0 aliphatic rings. The van der Waals surface area contributed by atoms with Crippen LogP contribution in [0.4, 0.5) is 0 Å². The van der Waals surface area contributed by atoms with E-state index in [0.717, 1.165) is 12.1 Å². The largest absolute Gasteiger partial charge is 0.507 e. The molecule has 40 heavy (non-hydrogen) atoms. The van der Waals surface area contributed by atoms with Crippen LogP contribution in [-0.2, 0) is 29.6 Å². The number of carboxylic acid groups (broad SMARTS) is 2. The molecular weight excluding hydrogens is 568 g/mol. The van der Waals surface area contributed by atoms with Crippen LogP contribution < -0.4 is 20.9 Å². The van der Waals surface area contributed by atoms with Gasteiger partial charge in [0.05, 0.1) is 9.79 Å². The number of nitrogens with two attached hydrogens (primary N) is 2. The fourth-order valence-electron chi connectivity index (χ4n) is 4.44. The van der Waals surface area contributed by atoms with Gasteiger partial charge in [-0.25, -0.2) is 26.3 Å². The Hall–Kier alpha value is -3.80. The SMILES string of the molecule is NC(CCNS(=O)(=O)c1cc(S(=O)(=O)NCCC(N)C(=O)O)c2ccc3c(O)cc(O)c4ccc1c2c43)C(=O)O. The molecule has 4 aromatic carbocycles. The molecule has 0 saturated carbocycles. The van der Waals surface area contributed by atoms with Crippen molar-refractivity contribution in [1.82, 2.24) is 9.44 Å². The molecule has 0 aromatic heterocycles. The number of hydrogen-bond donors (Lipinski definition) is 8. The molecule has 14 nitrogen and oxygen atoms in total. The molecule has 0 heterocycles. The molecule has 0 spiro atoms. The smallest absolute Gasteiger partial charge is 0.320 e. The third kappa shape index (κ3) is 5.32. The summed E-state index contributed by atoms with van der Waals surface area (Å²) in [6, 6.07) is 4.98. The first kappa shape index (κ1) is 29.2. The van der Waals surface area contributed by atoms with E-state index in [4.69, 9.17) is 21.7 Å². The molecular formula is C24H26N4O10S2. The van der Waals surface area contributed by atoms with Crippen molar-refractivity contribution in [3.8, 4) is 11.5 Å². The van der Waals surface area contributed by atoms with Crippen molar-refractivity contribution in [3.63, 3.8) is 0 Å². The number of benzene rings is 4. The molecule has 0 amide bonds. The lowest BCUT2D eigenvalue weighted by Crippen LogP contribution is -2.36. The number of carbonyl (C=O) groups is 2. The van der Waals surface area contributed by atoms with Gasteiger partial charge < -0.3 is 31.9 Å². The summed E-state index contributed by atoms with van der Waals surface area (Å²) in [5.41, 5.74) is 10.9. The summed E-state index contributed by atoms with van der Waals surface area (Å²) in [7, 11) is -8.94. The second kappa shape index (κ2) is 10.6. The lowest BCUT2D eigenvalue weighted by Gasteiger charge is -2.19. The number of rotatable bonds is 12. The highest BCUT2D eigenvalue weighted by Crippen LogP contribution is 2.45. The van der Waals surface area contributed by atoms with Crippen molar-refractivity contribution in [2.75, 3.05) is 13.1 Å². The number of aliphatic carboxylic acids is 2. The number of nitrogens with one attached hydrogen (secondary N) is 2. The standard InChI is InChI=1S/C24H26N4O10S2/c25-15(23(31)32)5-7-27-39(35,36)19-10-20(40(37,38)28-8-6-16(26)24(33)34)14-4-2-12-18(30)9-17(29)11-1-3-13(19)22(14)21(11)12/h1-4,9-10,15-16,27-30H,5-8,25-26H2,(H,31,32)(H,33,34). The molecule has 2 unspecified atom stereocenters. The minimum Gasteiger partial charge on any atom is -0.507 e. The van der Waals surface area contributed by atoms with Crippen LogP contribution in [0, 0.1) is 0 Å². The molecule has 0 aliphatic carbocycles. The minimum atomic E-state index is -4.47. The Morgan fingerprint density at radius 1 is 0.675 bits per heavy atom. The molecule has 2 atom stereocenters. The summed E-state index contributed by atoms with van der Waals surface area (Å²) in [6.07, 6.45) is -0.503. The van der Waals surface area contributed by atoms with E-state index in [9.17, 15) is 36.6 Å². The molecule has 4 aromatic rings. The highest BCUT2D eigenvalue weighted by atomic mass is 32.2. The maximum Gasteiger partial charge on any atom is 0.320 e. The zero-order valence-corrected chi connectivity index (χ0v) is 22.3. The Morgan fingerprint density at radius 3 is 1.40 bits per heavy atom. The van der Waals surface area contributed by atoms with Gasteiger partial charge in [-0.05, 0) is 31.0 Å². The molecule has 0 radical (unpaired) electrons. The fraction of sp³-hybridized carbons (Fsp3) is 0.250. The van der Waals surface area contributed by atoms with Crippen molar-refractivity contribution in [2.45, 2.75) is 34.7 Å². The number of phenols is 2. The molecule has 4 rings (SSSR count). The molecule has 0 fully saturated rings. The zero-order chi connectivity index (χ0) is 29.6. The monoisotopic (exact) mass is 594 g/mol. The highest BCUT2D eigenvalue weighted by Gasteiger charge is 2.28. The Morgan fingerprint density at radius 2 is 1.02 bits per heavy atom. The Kier molecular flexibility index (Phi) is 7.77. The average Bonchev–Trinajstić information content (AvgIpc) is 2.87. The topological polar surface area (TPSA) is 259 Å². The van der Waals surface area contributed by atoms with Gasteiger partial charge in [0.2, 0.25) is 20.0 Å². The summed E-state index contributed by atoms with van der Waals surface area (Å²) in [4.78, 5) is 21.1. The van der Waals surface area contributed by atoms with Crippen LogP contribution in [0.5, 0.6) is 11.5 Å². The quantitative estimate of drug-likeness (QED) is 0.102. The van der Waals surface area contributed by atoms with Crippen molar-refractivity contribution >= 4 is 64.3 Å². The third-order valence-corrected chi connectivity index (χ3v) is 9.49. The lowest BCUT2D eigenvalue weighted by atomic mass is 9.93. The normalized spacial score (nSPS) is 14.2. The van der Waals surface area contributed by atoms with Crippen LogP contribution in [-0.4, -0.2) is 74.4 Å². The van der Waals surface area contributed by atoms with E-state index in [-0.39, 0.29) is 69.7 Å².